The quantitative estimate of drug-likeness (QED) is 0.619. The summed E-state index contributed by atoms with van der Waals surface area (Å²) < 4.78 is 5.83. The van der Waals surface area contributed by atoms with Gasteiger partial charge in [0.15, 0.2) is 5.78 Å². The highest BCUT2D eigenvalue weighted by Crippen LogP contribution is 2.23. The van der Waals surface area contributed by atoms with Crippen molar-refractivity contribution in [2.24, 2.45) is 0 Å². The Balaban J connectivity index is 2.19. The number of ether oxygens (including phenoxy) is 1. The summed E-state index contributed by atoms with van der Waals surface area (Å²) in [7, 11) is 1.60. The molecule has 0 aliphatic rings. The second-order valence-electron chi connectivity index (χ2n) is 3.95. The number of hydrogen-bond acceptors (Lipinski definition) is 2. The van der Waals surface area contributed by atoms with E-state index in [4.69, 9.17) is 4.74 Å². The molecule has 0 aliphatic carbocycles. The maximum atomic E-state index is 12.1. The van der Waals surface area contributed by atoms with E-state index in [1.54, 1.807) is 37.5 Å². The highest BCUT2D eigenvalue weighted by Gasteiger charge is 2.07. The van der Waals surface area contributed by atoms with Crippen LogP contribution in [0.15, 0.2) is 59.1 Å². The lowest BCUT2D eigenvalue weighted by Gasteiger charge is -2.03. The van der Waals surface area contributed by atoms with Gasteiger partial charge in [-0.2, -0.15) is 0 Å². The molecule has 0 saturated carbocycles. The molecular formula is C16H13BrO2. The molecule has 0 unspecified atom stereocenters. The third kappa shape index (κ3) is 3.55. The standard InChI is InChI=1S/C16H13BrO2/c1-19-13-8-9-14(15(17)11-13)16(18)10-7-12-5-3-2-4-6-12/h2-11H,1H3. The number of hydrogen-bond donors (Lipinski definition) is 0. The normalized spacial score (nSPS) is 10.6. The van der Waals surface area contributed by atoms with E-state index in [0.717, 1.165) is 15.8 Å². The van der Waals surface area contributed by atoms with E-state index in [9.17, 15) is 4.79 Å². The summed E-state index contributed by atoms with van der Waals surface area (Å²) in [6.45, 7) is 0. The third-order valence-electron chi connectivity index (χ3n) is 2.67. The summed E-state index contributed by atoms with van der Waals surface area (Å²) in [5.74, 6) is 0.675. The molecule has 0 atom stereocenters. The first-order chi connectivity index (χ1) is 9.20. The molecule has 0 radical (unpaired) electrons. The van der Waals surface area contributed by atoms with Crippen LogP contribution in [0.2, 0.25) is 0 Å². The molecule has 0 saturated heterocycles. The molecule has 96 valence electrons. The van der Waals surface area contributed by atoms with Crippen molar-refractivity contribution < 1.29 is 9.53 Å². The van der Waals surface area contributed by atoms with Crippen LogP contribution in [0.5, 0.6) is 5.75 Å². The monoisotopic (exact) mass is 316 g/mol. The van der Waals surface area contributed by atoms with Gasteiger partial charge in [-0.05, 0) is 45.8 Å². The summed E-state index contributed by atoms with van der Waals surface area (Å²) >= 11 is 3.38. The minimum atomic E-state index is -0.0432. The van der Waals surface area contributed by atoms with Crippen molar-refractivity contribution >= 4 is 27.8 Å². The Labute approximate surface area is 120 Å². The Kier molecular flexibility index (Phi) is 4.53. The van der Waals surface area contributed by atoms with Gasteiger partial charge in [0.1, 0.15) is 5.75 Å². The lowest BCUT2D eigenvalue weighted by molar-refractivity contribution is 0.104. The zero-order valence-electron chi connectivity index (χ0n) is 10.5. The summed E-state index contributed by atoms with van der Waals surface area (Å²) in [4.78, 5) is 12.1. The maximum Gasteiger partial charge on any atom is 0.186 e. The van der Waals surface area contributed by atoms with E-state index in [-0.39, 0.29) is 5.78 Å². The number of methoxy groups -OCH3 is 1. The highest BCUT2D eigenvalue weighted by atomic mass is 79.9. The van der Waals surface area contributed by atoms with Crippen molar-refractivity contribution in [1.29, 1.82) is 0 Å². The Bertz CT molecular complexity index is 603. The van der Waals surface area contributed by atoms with Crippen molar-refractivity contribution in [2.45, 2.75) is 0 Å². The first kappa shape index (κ1) is 13.6. The van der Waals surface area contributed by atoms with Gasteiger partial charge in [-0.15, -0.1) is 0 Å². The van der Waals surface area contributed by atoms with E-state index in [2.05, 4.69) is 15.9 Å². The second kappa shape index (κ2) is 6.34. The number of carbonyl (C=O) groups excluding carboxylic acids is 1. The van der Waals surface area contributed by atoms with E-state index in [1.807, 2.05) is 30.3 Å². The molecule has 2 nitrogen and oxygen atoms in total. The summed E-state index contributed by atoms with van der Waals surface area (Å²) in [5.41, 5.74) is 1.62. The molecule has 0 heterocycles. The van der Waals surface area contributed by atoms with E-state index >= 15 is 0 Å². The van der Waals surface area contributed by atoms with Gasteiger partial charge in [0, 0.05) is 10.0 Å². The second-order valence-corrected chi connectivity index (χ2v) is 4.81. The number of benzene rings is 2. The van der Waals surface area contributed by atoms with Crippen molar-refractivity contribution in [1.82, 2.24) is 0 Å². The van der Waals surface area contributed by atoms with Crippen LogP contribution in [0.3, 0.4) is 0 Å². The Morgan fingerprint density at radius 2 is 1.89 bits per heavy atom. The van der Waals surface area contributed by atoms with Gasteiger partial charge >= 0.3 is 0 Å². The first-order valence-corrected chi connectivity index (χ1v) is 6.61. The largest absolute Gasteiger partial charge is 0.497 e. The molecule has 2 rings (SSSR count). The lowest BCUT2D eigenvalue weighted by atomic mass is 10.1. The van der Waals surface area contributed by atoms with Crippen LogP contribution in [-0.2, 0) is 0 Å². The molecule has 0 N–H and O–H groups in total. The minimum Gasteiger partial charge on any atom is -0.497 e. The smallest absolute Gasteiger partial charge is 0.186 e. The topological polar surface area (TPSA) is 26.3 Å². The van der Waals surface area contributed by atoms with Crippen LogP contribution >= 0.6 is 15.9 Å². The zero-order chi connectivity index (χ0) is 13.7. The molecule has 2 aromatic rings. The number of halogens is 1. The van der Waals surface area contributed by atoms with Crippen LogP contribution < -0.4 is 4.74 Å². The summed E-state index contributed by atoms with van der Waals surface area (Å²) in [6, 6.07) is 15.0. The van der Waals surface area contributed by atoms with Gasteiger partial charge in [-0.25, -0.2) is 0 Å². The minimum absolute atomic E-state index is 0.0432. The molecular weight excluding hydrogens is 304 g/mol. The van der Waals surface area contributed by atoms with Crippen molar-refractivity contribution in [3.05, 3.63) is 70.2 Å². The average molecular weight is 317 g/mol. The molecule has 19 heavy (non-hydrogen) atoms. The lowest BCUT2D eigenvalue weighted by Crippen LogP contribution is -1.96. The fraction of sp³-hybridized carbons (Fsp3) is 0.0625. The Morgan fingerprint density at radius 1 is 1.16 bits per heavy atom. The maximum absolute atomic E-state index is 12.1. The highest BCUT2D eigenvalue weighted by molar-refractivity contribution is 9.10. The van der Waals surface area contributed by atoms with Crippen LogP contribution in [0.1, 0.15) is 15.9 Å². The number of ketones is 1. The van der Waals surface area contributed by atoms with Gasteiger partial charge in [0.2, 0.25) is 0 Å². The molecule has 0 bridgehead atoms. The molecule has 2 aromatic carbocycles. The van der Waals surface area contributed by atoms with Gasteiger partial charge in [0.05, 0.1) is 7.11 Å². The molecule has 0 amide bonds. The fourth-order valence-electron chi connectivity index (χ4n) is 1.65. The average Bonchev–Trinajstić information content (AvgIpc) is 2.45. The predicted octanol–water partition coefficient (Wildman–Crippen LogP) is 4.35. The zero-order valence-corrected chi connectivity index (χ0v) is 12.1. The molecule has 3 heteroatoms. The predicted molar refractivity (Wildman–Crippen MR) is 80.5 cm³/mol. The number of rotatable bonds is 4. The number of allylic oxidation sites excluding steroid dienone is 1. The molecule has 0 spiro atoms. The van der Waals surface area contributed by atoms with Crippen molar-refractivity contribution in [3.63, 3.8) is 0 Å². The van der Waals surface area contributed by atoms with E-state index < -0.39 is 0 Å². The van der Waals surface area contributed by atoms with E-state index in [1.165, 1.54) is 0 Å². The third-order valence-corrected chi connectivity index (χ3v) is 3.32. The Morgan fingerprint density at radius 3 is 2.53 bits per heavy atom. The van der Waals surface area contributed by atoms with Crippen LogP contribution in [0.4, 0.5) is 0 Å². The van der Waals surface area contributed by atoms with Crippen molar-refractivity contribution in [3.8, 4) is 5.75 Å². The van der Waals surface area contributed by atoms with Crippen LogP contribution in [0, 0.1) is 0 Å². The summed E-state index contributed by atoms with van der Waals surface area (Å²) in [5, 5.41) is 0. The van der Waals surface area contributed by atoms with Gasteiger partial charge in [-0.1, -0.05) is 36.4 Å². The van der Waals surface area contributed by atoms with Gasteiger partial charge < -0.3 is 4.74 Å². The van der Waals surface area contributed by atoms with E-state index in [0.29, 0.717) is 5.56 Å². The fourth-order valence-corrected chi connectivity index (χ4v) is 2.20. The van der Waals surface area contributed by atoms with Crippen LogP contribution in [-0.4, -0.2) is 12.9 Å². The summed E-state index contributed by atoms with van der Waals surface area (Å²) in [6.07, 6.45) is 3.38. The Hall–Kier alpha value is -1.87. The molecule has 0 fully saturated rings. The first-order valence-electron chi connectivity index (χ1n) is 5.81. The van der Waals surface area contributed by atoms with Gasteiger partial charge in [-0.3, -0.25) is 4.79 Å². The van der Waals surface area contributed by atoms with Crippen molar-refractivity contribution in [2.75, 3.05) is 7.11 Å². The molecule has 0 aromatic heterocycles. The van der Waals surface area contributed by atoms with Gasteiger partial charge in [0.25, 0.3) is 0 Å². The van der Waals surface area contributed by atoms with Crippen LogP contribution in [0.25, 0.3) is 6.08 Å². The SMILES string of the molecule is COc1ccc(C(=O)C=Cc2ccccc2)c(Br)c1. The number of carbonyl (C=O) groups is 1. The molecule has 0 aliphatic heterocycles.